The molecule has 3 N–H and O–H groups in total. The maximum Gasteiger partial charge on any atom is 0.311 e. The van der Waals surface area contributed by atoms with E-state index in [2.05, 4.69) is 15.6 Å². The molecule has 3 aromatic rings. The zero-order valence-electron chi connectivity index (χ0n) is 25.7. The number of hydrogen-bond donors (Lipinski definition) is 3. The van der Waals surface area contributed by atoms with E-state index < -0.39 is 40.8 Å². The summed E-state index contributed by atoms with van der Waals surface area (Å²) in [6.45, 7) is 5.67. The van der Waals surface area contributed by atoms with Gasteiger partial charge in [0, 0.05) is 28.6 Å². The van der Waals surface area contributed by atoms with Crippen molar-refractivity contribution in [3.8, 4) is 28.5 Å². The minimum atomic E-state index is -1.53. The molecule has 13 heteroatoms. The van der Waals surface area contributed by atoms with Gasteiger partial charge in [-0.05, 0) is 44.0 Å². The van der Waals surface area contributed by atoms with Crippen molar-refractivity contribution in [2.75, 3.05) is 34.5 Å². The number of carboxylic acids is 2. The van der Waals surface area contributed by atoms with Crippen LogP contribution in [0.4, 0.5) is 0 Å². The molecule has 1 aliphatic rings. The molecule has 0 saturated carbocycles. The zero-order chi connectivity index (χ0) is 32.2. The van der Waals surface area contributed by atoms with Gasteiger partial charge in [0.2, 0.25) is 5.75 Å². The molecule has 0 radical (unpaired) electrons. The summed E-state index contributed by atoms with van der Waals surface area (Å²) in [7, 11) is 4.60. The summed E-state index contributed by atoms with van der Waals surface area (Å²) >= 11 is 6.59. The smallest absolute Gasteiger partial charge is 0.311 e. The van der Waals surface area contributed by atoms with Gasteiger partial charge >= 0.3 is 11.9 Å². The highest BCUT2D eigenvalue weighted by atomic mass is 35.5. The Labute approximate surface area is 261 Å². The second-order valence-corrected chi connectivity index (χ2v) is 11.4. The number of hydrogen-bond acceptors (Lipinski definition) is 9. The molecular weight excluding hydrogens is 592 g/mol. The van der Waals surface area contributed by atoms with Crippen molar-refractivity contribution >= 4 is 23.5 Å². The van der Waals surface area contributed by atoms with E-state index in [-0.39, 0.29) is 19.6 Å². The van der Waals surface area contributed by atoms with Crippen LogP contribution in [0.3, 0.4) is 0 Å². The minimum absolute atomic E-state index is 0.0234. The summed E-state index contributed by atoms with van der Waals surface area (Å²) in [6, 6.07) is 9.11. The fourth-order valence-corrected chi connectivity index (χ4v) is 6.67. The van der Waals surface area contributed by atoms with Gasteiger partial charge in [-0.3, -0.25) is 9.59 Å². The predicted octanol–water partition coefficient (Wildman–Crippen LogP) is 4.36. The van der Waals surface area contributed by atoms with Crippen molar-refractivity contribution in [3.63, 3.8) is 0 Å². The zero-order valence-corrected chi connectivity index (χ0v) is 26.4. The second kappa shape index (κ2) is 13.4. The Balaban J connectivity index is 1.55. The molecule has 5 unspecified atom stereocenters. The van der Waals surface area contributed by atoms with Crippen LogP contribution < -0.4 is 19.5 Å². The molecule has 1 aromatic heterocycles. The molecule has 1 fully saturated rings. The quantitative estimate of drug-likeness (QED) is 0.231. The van der Waals surface area contributed by atoms with Crippen molar-refractivity contribution in [2.45, 2.75) is 51.7 Å². The Bertz CT molecular complexity index is 1470. The highest BCUT2D eigenvalue weighted by Crippen LogP contribution is 2.58. The van der Waals surface area contributed by atoms with Crippen LogP contribution in [0.1, 0.15) is 38.7 Å². The van der Waals surface area contributed by atoms with Crippen molar-refractivity contribution in [2.24, 2.45) is 10.8 Å². The molecular formula is C31H39ClN4O8. The third-order valence-corrected chi connectivity index (χ3v) is 9.34. The van der Waals surface area contributed by atoms with E-state index in [0.29, 0.717) is 45.6 Å². The lowest BCUT2D eigenvalue weighted by atomic mass is 9.51. The van der Waals surface area contributed by atoms with E-state index in [9.17, 15) is 19.8 Å². The van der Waals surface area contributed by atoms with E-state index in [0.717, 1.165) is 0 Å². The van der Waals surface area contributed by atoms with Crippen LogP contribution in [-0.2, 0) is 20.9 Å². The summed E-state index contributed by atoms with van der Waals surface area (Å²) in [5, 5.41) is 33.3. The summed E-state index contributed by atoms with van der Waals surface area (Å²) in [6.07, 6.45) is 1.90. The Morgan fingerprint density at radius 1 is 1.07 bits per heavy atom. The van der Waals surface area contributed by atoms with Gasteiger partial charge in [0.15, 0.2) is 11.5 Å². The minimum Gasteiger partial charge on any atom is -0.493 e. The normalized spacial score (nSPS) is 24.9. The van der Waals surface area contributed by atoms with E-state index in [1.165, 1.54) is 21.3 Å². The van der Waals surface area contributed by atoms with Crippen molar-refractivity contribution in [3.05, 3.63) is 53.2 Å². The van der Waals surface area contributed by atoms with Crippen LogP contribution in [-0.4, -0.2) is 83.8 Å². The van der Waals surface area contributed by atoms with Crippen LogP contribution in [0.2, 0.25) is 5.02 Å². The van der Waals surface area contributed by atoms with E-state index in [4.69, 9.17) is 30.5 Å². The number of aromatic nitrogens is 3. The number of benzene rings is 2. The lowest BCUT2D eigenvalue weighted by molar-refractivity contribution is -0.174. The molecule has 12 nitrogen and oxygen atoms in total. The largest absolute Gasteiger partial charge is 0.493 e. The number of methoxy groups -OCH3 is 3. The van der Waals surface area contributed by atoms with Gasteiger partial charge in [0.25, 0.3) is 0 Å². The Kier molecular flexibility index (Phi) is 10.1. The molecule has 4 rings (SSSR count). The average molecular weight is 631 g/mol. The predicted molar refractivity (Wildman–Crippen MR) is 163 cm³/mol. The second-order valence-electron chi connectivity index (χ2n) is 11.0. The highest BCUT2D eigenvalue weighted by molar-refractivity contribution is 6.31. The van der Waals surface area contributed by atoms with Gasteiger partial charge < -0.3 is 34.5 Å². The molecule has 5 atom stereocenters. The number of piperidine rings is 1. The van der Waals surface area contributed by atoms with E-state index in [1.807, 2.05) is 0 Å². The topological polar surface area (TPSA) is 154 Å². The molecule has 0 amide bonds. The number of carbonyl (C=O) groups is 2. The molecule has 0 bridgehead atoms. The van der Waals surface area contributed by atoms with Crippen LogP contribution in [0.5, 0.6) is 17.2 Å². The fraction of sp³-hybridized carbons (Fsp3) is 0.484. The van der Waals surface area contributed by atoms with Gasteiger partial charge in [-0.1, -0.05) is 41.9 Å². The number of rotatable bonds is 13. The monoisotopic (exact) mass is 630 g/mol. The summed E-state index contributed by atoms with van der Waals surface area (Å²) in [5.74, 6) is -1.71. The Hall–Kier alpha value is -3.87. The Morgan fingerprint density at radius 2 is 1.73 bits per heavy atom. The summed E-state index contributed by atoms with van der Waals surface area (Å²) in [5.41, 5.74) is -1.22. The molecule has 44 heavy (non-hydrogen) atoms. The number of nitrogens with one attached hydrogen (secondary N) is 1. The third kappa shape index (κ3) is 5.69. The first kappa shape index (κ1) is 33.0. The van der Waals surface area contributed by atoms with Crippen LogP contribution in [0.25, 0.3) is 11.3 Å². The summed E-state index contributed by atoms with van der Waals surface area (Å²) in [4.78, 5) is 26.0. The molecule has 0 aliphatic carbocycles. The van der Waals surface area contributed by atoms with Crippen molar-refractivity contribution in [1.29, 1.82) is 0 Å². The van der Waals surface area contributed by atoms with E-state index in [1.54, 1.807) is 68.0 Å². The maximum absolute atomic E-state index is 13.2. The lowest BCUT2D eigenvalue weighted by Gasteiger charge is -2.56. The van der Waals surface area contributed by atoms with Gasteiger partial charge in [-0.15, -0.1) is 5.10 Å². The van der Waals surface area contributed by atoms with Gasteiger partial charge in [0.05, 0.1) is 58.1 Å². The number of aliphatic carboxylic acids is 2. The number of nitrogens with zero attached hydrogens (tertiary/aromatic N) is 3. The SMILES string of the molecule is CCC1(C(=O)O)C(COCCn2cc(-c3cc(OC)c(OC)c(OC)c3)nn2)NC(C)C(C)(C(=O)O)C1c1ccccc1Cl. The van der Waals surface area contributed by atoms with Crippen molar-refractivity contribution < 1.29 is 38.7 Å². The number of carboxylic acid groups (broad SMARTS) is 2. The lowest BCUT2D eigenvalue weighted by Crippen LogP contribution is -2.70. The first-order valence-corrected chi connectivity index (χ1v) is 14.6. The molecule has 1 saturated heterocycles. The van der Waals surface area contributed by atoms with Crippen LogP contribution >= 0.6 is 11.6 Å². The first-order valence-electron chi connectivity index (χ1n) is 14.2. The van der Waals surface area contributed by atoms with Crippen LogP contribution in [0.15, 0.2) is 42.6 Å². The molecule has 1 aliphatic heterocycles. The van der Waals surface area contributed by atoms with E-state index >= 15 is 0 Å². The fourth-order valence-electron chi connectivity index (χ4n) is 6.43. The Morgan fingerprint density at radius 3 is 2.27 bits per heavy atom. The summed E-state index contributed by atoms with van der Waals surface area (Å²) < 4.78 is 23.9. The maximum atomic E-state index is 13.2. The van der Waals surface area contributed by atoms with Gasteiger partial charge in [-0.25, -0.2) is 4.68 Å². The molecule has 238 valence electrons. The molecule has 0 spiro atoms. The van der Waals surface area contributed by atoms with Gasteiger partial charge in [-0.2, -0.15) is 0 Å². The third-order valence-electron chi connectivity index (χ3n) is 9.00. The molecule has 2 aromatic carbocycles. The molecule has 2 heterocycles. The van der Waals surface area contributed by atoms with Gasteiger partial charge in [0.1, 0.15) is 5.69 Å². The standard InChI is InChI=1S/C31H39ClN4O8/c1-7-31(29(39)40)25(33-18(2)30(3,28(37)38)27(31)20-10-8-9-11-21(20)32)17-44-13-12-36-16-22(34-35-36)19-14-23(41-4)26(43-6)24(15-19)42-5/h8-11,14-16,18,25,27,33H,7,12-13,17H2,1-6H3,(H,37,38)(H,39,40). The number of halogens is 1. The first-order chi connectivity index (χ1) is 21.0. The van der Waals surface area contributed by atoms with Crippen molar-refractivity contribution in [1.82, 2.24) is 20.3 Å². The average Bonchev–Trinajstić information content (AvgIpc) is 3.49. The van der Waals surface area contributed by atoms with Crippen LogP contribution in [0, 0.1) is 10.8 Å². The number of ether oxygens (including phenoxy) is 4. The highest BCUT2D eigenvalue weighted by Gasteiger charge is 2.65.